The number of anilines is 1. The molecule has 0 unspecified atom stereocenters. The van der Waals surface area contributed by atoms with Gasteiger partial charge in [-0.05, 0) is 31.0 Å². The van der Waals surface area contributed by atoms with E-state index in [1.165, 1.54) is 13.2 Å². The van der Waals surface area contributed by atoms with Gasteiger partial charge in [0.15, 0.2) is 0 Å². The Labute approximate surface area is 129 Å². The lowest BCUT2D eigenvalue weighted by atomic mass is 10.1. The molecule has 1 aliphatic rings. The fourth-order valence-corrected chi connectivity index (χ4v) is 2.40. The maximum Gasteiger partial charge on any atom is 0.337 e. The molecule has 2 rings (SSSR count). The molecule has 1 aliphatic heterocycles. The van der Waals surface area contributed by atoms with Crippen molar-refractivity contribution in [2.45, 2.75) is 26.2 Å². The molecule has 0 radical (unpaired) electrons. The van der Waals surface area contributed by atoms with Crippen LogP contribution in [0.5, 0.6) is 0 Å². The maximum atomic E-state index is 12.1. The Bertz CT molecular complexity index is 598. The van der Waals surface area contributed by atoms with Gasteiger partial charge in [-0.15, -0.1) is 0 Å². The molecule has 0 atom stereocenters. The highest BCUT2D eigenvalue weighted by Gasteiger charge is 2.24. The summed E-state index contributed by atoms with van der Waals surface area (Å²) in [6, 6.07) is 4.72. The molecule has 0 spiro atoms. The first-order valence-corrected chi connectivity index (χ1v) is 7.38. The number of carbonyl (C=O) groups excluding carboxylic acids is 3. The summed E-state index contributed by atoms with van der Waals surface area (Å²) in [4.78, 5) is 37.4. The summed E-state index contributed by atoms with van der Waals surface area (Å²) in [5.74, 6) is -0.791. The van der Waals surface area contributed by atoms with Crippen LogP contribution in [-0.4, -0.2) is 38.0 Å². The van der Waals surface area contributed by atoms with Crippen LogP contribution in [0.25, 0.3) is 0 Å². The lowest BCUT2D eigenvalue weighted by Crippen LogP contribution is -2.27. The average Bonchev–Trinajstić information content (AvgIpc) is 2.97. The third-order valence-corrected chi connectivity index (χ3v) is 3.52. The minimum Gasteiger partial charge on any atom is -0.465 e. The van der Waals surface area contributed by atoms with Crippen molar-refractivity contribution in [1.29, 1.82) is 0 Å². The van der Waals surface area contributed by atoms with Gasteiger partial charge in [-0.25, -0.2) is 4.79 Å². The van der Waals surface area contributed by atoms with Gasteiger partial charge in [-0.1, -0.05) is 6.92 Å². The summed E-state index contributed by atoms with van der Waals surface area (Å²) >= 11 is 0. The molecule has 2 amide bonds. The minimum atomic E-state index is -0.530. The highest BCUT2D eigenvalue weighted by Crippen LogP contribution is 2.24. The van der Waals surface area contributed by atoms with Gasteiger partial charge in [-0.2, -0.15) is 0 Å². The predicted octanol–water partition coefficient (Wildman–Crippen LogP) is 1.74. The molecule has 1 aromatic rings. The molecule has 1 fully saturated rings. The molecule has 1 N–H and O–H groups in total. The molecule has 1 saturated heterocycles. The number of hydrogen-bond acceptors (Lipinski definition) is 4. The van der Waals surface area contributed by atoms with Crippen molar-refractivity contribution in [1.82, 2.24) is 5.32 Å². The molecule has 6 heteroatoms. The Kier molecular flexibility index (Phi) is 5.14. The molecule has 1 heterocycles. The van der Waals surface area contributed by atoms with E-state index in [4.69, 9.17) is 4.74 Å². The number of carbonyl (C=O) groups is 3. The summed E-state index contributed by atoms with van der Waals surface area (Å²) in [6.07, 6.45) is 2.08. The molecule has 22 heavy (non-hydrogen) atoms. The van der Waals surface area contributed by atoms with Crippen LogP contribution in [0.2, 0.25) is 0 Å². The monoisotopic (exact) mass is 304 g/mol. The zero-order valence-electron chi connectivity index (χ0n) is 12.8. The average molecular weight is 304 g/mol. The van der Waals surface area contributed by atoms with Crippen molar-refractivity contribution in [3.63, 3.8) is 0 Å². The minimum absolute atomic E-state index is 0.00179. The first kappa shape index (κ1) is 16.0. The van der Waals surface area contributed by atoms with Crippen molar-refractivity contribution in [2.75, 3.05) is 25.1 Å². The van der Waals surface area contributed by atoms with Crippen LogP contribution in [0, 0.1) is 0 Å². The molecule has 0 bridgehead atoms. The molecule has 6 nitrogen and oxygen atoms in total. The van der Waals surface area contributed by atoms with E-state index in [9.17, 15) is 14.4 Å². The SMILES string of the molecule is CCCNC(=O)c1cc(C(=O)OC)cc(N2CCCC2=O)c1. The Balaban J connectivity index is 2.38. The smallest absolute Gasteiger partial charge is 0.337 e. The highest BCUT2D eigenvalue weighted by molar-refractivity contribution is 6.02. The largest absolute Gasteiger partial charge is 0.465 e. The van der Waals surface area contributed by atoms with E-state index in [0.717, 1.165) is 12.8 Å². The number of benzene rings is 1. The van der Waals surface area contributed by atoms with Gasteiger partial charge in [-0.3, -0.25) is 9.59 Å². The second kappa shape index (κ2) is 7.06. The summed E-state index contributed by atoms with van der Waals surface area (Å²) in [7, 11) is 1.28. The van der Waals surface area contributed by atoms with Crippen LogP contribution in [0.3, 0.4) is 0 Å². The fraction of sp³-hybridized carbons (Fsp3) is 0.438. The zero-order valence-corrected chi connectivity index (χ0v) is 12.8. The highest BCUT2D eigenvalue weighted by atomic mass is 16.5. The first-order chi connectivity index (χ1) is 10.6. The van der Waals surface area contributed by atoms with Crippen LogP contribution >= 0.6 is 0 Å². The normalized spacial score (nSPS) is 14.1. The van der Waals surface area contributed by atoms with Crippen molar-refractivity contribution in [2.24, 2.45) is 0 Å². The topological polar surface area (TPSA) is 75.7 Å². The summed E-state index contributed by atoms with van der Waals surface area (Å²) in [5, 5.41) is 2.77. The fourth-order valence-electron chi connectivity index (χ4n) is 2.40. The summed E-state index contributed by atoms with van der Waals surface area (Å²) < 4.78 is 4.72. The third kappa shape index (κ3) is 3.44. The molecule has 0 aliphatic carbocycles. The van der Waals surface area contributed by atoms with Crippen LogP contribution in [-0.2, 0) is 9.53 Å². The van der Waals surface area contributed by atoms with Crippen LogP contribution in [0.4, 0.5) is 5.69 Å². The van der Waals surface area contributed by atoms with Gasteiger partial charge in [0.25, 0.3) is 5.91 Å². The van der Waals surface area contributed by atoms with Gasteiger partial charge in [0.2, 0.25) is 5.91 Å². The Morgan fingerprint density at radius 3 is 2.59 bits per heavy atom. The summed E-state index contributed by atoms with van der Waals surface area (Å²) in [6.45, 7) is 3.11. The van der Waals surface area contributed by atoms with Gasteiger partial charge < -0.3 is 15.0 Å². The van der Waals surface area contributed by atoms with E-state index in [0.29, 0.717) is 30.8 Å². The van der Waals surface area contributed by atoms with Gasteiger partial charge >= 0.3 is 5.97 Å². The number of ether oxygens (including phenoxy) is 1. The van der Waals surface area contributed by atoms with Crippen molar-refractivity contribution >= 4 is 23.5 Å². The van der Waals surface area contributed by atoms with E-state index in [-0.39, 0.29) is 17.4 Å². The molecule has 118 valence electrons. The molecular formula is C16H20N2O4. The third-order valence-electron chi connectivity index (χ3n) is 3.52. The molecule has 1 aromatic carbocycles. The van der Waals surface area contributed by atoms with Gasteiger partial charge in [0.05, 0.1) is 12.7 Å². The van der Waals surface area contributed by atoms with Crippen LogP contribution in [0.1, 0.15) is 46.9 Å². The van der Waals surface area contributed by atoms with Crippen LogP contribution in [0.15, 0.2) is 18.2 Å². The second-order valence-electron chi connectivity index (χ2n) is 5.16. The van der Waals surface area contributed by atoms with E-state index in [1.54, 1.807) is 17.0 Å². The Morgan fingerprint density at radius 1 is 1.27 bits per heavy atom. The Hall–Kier alpha value is -2.37. The number of hydrogen-bond donors (Lipinski definition) is 1. The number of rotatable bonds is 5. The summed E-state index contributed by atoms with van der Waals surface area (Å²) in [5.41, 5.74) is 1.18. The first-order valence-electron chi connectivity index (χ1n) is 7.38. The maximum absolute atomic E-state index is 12.1. The van der Waals surface area contributed by atoms with E-state index < -0.39 is 5.97 Å². The lowest BCUT2D eigenvalue weighted by molar-refractivity contribution is -0.117. The van der Waals surface area contributed by atoms with Gasteiger partial charge in [0, 0.05) is 30.8 Å². The van der Waals surface area contributed by atoms with E-state index in [2.05, 4.69) is 5.32 Å². The van der Waals surface area contributed by atoms with E-state index in [1.807, 2.05) is 6.92 Å². The van der Waals surface area contributed by atoms with Gasteiger partial charge in [0.1, 0.15) is 0 Å². The van der Waals surface area contributed by atoms with Crippen molar-refractivity contribution in [3.05, 3.63) is 29.3 Å². The Morgan fingerprint density at radius 2 is 2.00 bits per heavy atom. The number of nitrogens with zero attached hydrogens (tertiary/aromatic N) is 1. The number of amides is 2. The lowest BCUT2D eigenvalue weighted by Gasteiger charge is -2.18. The molecular weight excluding hydrogens is 284 g/mol. The van der Waals surface area contributed by atoms with Crippen molar-refractivity contribution < 1.29 is 19.1 Å². The molecule has 0 aromatic heterocycles. The second-order valence-corrected chi connectivity index (χ2v) is 5.16. The zero-order chi connectivity index (χ0) is 16.1. The molecule has 0 saturated carbocycles. The number of methoxy groups -OCH3 is 1. The van der Waals surface area contributed by atoms with E-state index >= 15 is 0 Å². The number of nitrogens with one attached hydrogen (secondary N) is 1. The van der Waals surface area contributed by atoms with Crippen LogP contribution < -0.4 is 10.2 Å². The quantitative estimate of drug-likeness (QED) is 0.841. The van der Waals surface area contributed by atoms with Crippen molar-refractivity contribution in [3.8, 4) is 0 Å². The standard InChI is InChI=1S/C16H20N2O4/c1-3-6-17-15(20)11-8-12(16(21)22-2)10-13(9-11)18-7-4-5-14(18)19/h8-10H,3-7H2,1-2H3,(H,17,20). The predicted molar refractivity (Wildman–Crippen MR) is 82.0 cm³/mol. The number of esters is 1.